The molecule has 2 aliphatic rings. The number of H-pyrrole nitrogens is 1. The second kappa shape index (κ2) is 8.39. The van der Waals surface area contributed by atoms with Gasteiger partial charge in [0.05, 0.1) is 24.2 Å². The van der Waals surface area contributed by atoms with Gasteiger partial charge in [0.15, 0.2) is 17.8 Å². The van der Waals surface area contributed by atoms with E-state index >= 15 is 0 Å². The lowest BCUT2D eigenvalue weighted by Gasteiger charge is -2.16. The number of aromatic amines is 1. The van der Waals surface area contributed by atoms with Gasteiger partial charge in [-0.25, -0.2) is 9.37 Å². The van der Waals surface area contributed by atoms with Crippen LogP contribution in [0.25, 0.3) is 33.4 Å². The number of nitrogens with zero attached hydrogens (tertiary/aromatic N) is 1. The molecule has 2 unspecified atom stereocenters. The zero-order chi connectivity index (χ0) is 23.2. The van der Waals surface area contributed by atoms with Gasteiger partial charge in [0.1, 0.15) is 24.0 Å². The highest BCUT2D eigenvalue weighted by atomic mass is 19.1. The van der Waals surface area contributed by atoms with Crippen molar-refractivity contribution in [3.05, 3.63) is 66.5 Å². The van der Waals surface area contributed by atoms with Crippen molar-refractivity contribution in [2.45, 2.75) is 24.4 Å². The first-order valence-corrected chi connectivity index (χ1v) is 11.2. The van der Waals surface area contributed by atoms with Gasteiger partial charge < -0.3 is 29.7 Å². The van der Waals surface area contributed by atoms with E-state index in [0.717, 1.165) is 11.1 Å². The monoisotopic (exact) mass is 461 g/mol. The number of nitrogens with two attached hydrogens (primary N) is 1. The largest absolute Gasteiger partial charge is 0.470 e. The van der Waals surface area contributed by atoms with Crippen molar-refractivity contribution in [3.63, 3.8) is 0 Å². The average Bonchev–Trinajstić information content (AvgIpc) is 3.55. The molecule has 0 aliphatic carbocycles. The summed E-state index contributed by atoms with van der Waals surface area (Å²) in [5.74, 6) is 0.0870. The van der Waals surface area contributed by atoms with Crippen LogP contribution in [0.15, 0.2) is 60.7 Å². The number of pyridine rings is 1. The maximum Gasteiger partial charge on any atom is 0.193 e. The fraction of sp³-hybridized carbons (Fsp3) is 0.269. The first-order valence-electron chi connectivity index (χ1n) is 11.2. The van der Waals surface area contributed by atoms with Crippen LogP contribution in [0, 0.1) is 5.82 Å². The summed E-state index contributed by atoms with van der Waals surface area (Å²) < 4.78 is 38.1. The van der Waals surface area contributed by atoms with Gasteiger partial charge in [0, 0.05) is 30.5 Å². The molecule has 3 N–H and O–H groups in total. The minimum absolute atomic E-state index is 0.0916. The highest BCUT2D eigenvalue weighted by Gasteiger charge is 2.49. The number of fused-ring (bicyclic) bond motifs is 2. The lowest BCUT2D eigenvalue weighted by atomic mass is 10.0. The standard InChI is InChI=1S/C26H24FN3O4/c1-31-21-12-32-26-22(13-33-25(21)26)34-23-11-20-19(29-23)10-18(27)24(30-20)16-4-2-14(3-5-16)15-6-8-17(28)9-7-15/h2-11,21-22,25-26,29H,12-13,28H2,1H3/t21?,22?,25-,26-/m1/s1. The molecule has 8 heteroatoms. The number of anilines is 1. The van der Waals surface area contributed by atoms with Crippen LogP contribution in [-0.2, 0) is 14.2 Å². The highest BCUT2D eigenvalue weighted by molar-refractivity contribution is 5.81. The van der Waals surface area contributed by atoms with Crippen LogP contribution in [0.5, 0.6) is 5.88 Å². The molecule has 0 saturated carbocycles. The molecule has 174 valence electrons. The van der Waals surface area contributed by atoms with E-state index in [-0.39, 0.29) is 30.1 Å². The maximum atomic E-state index is 15.0. The smallest absolute Gasteiger partial charge is 0.193 e. The summed E-state index contributed by atoms with van der Waals surface area (Å²) in [6.07, 6.45) is -0.705. The van der Waals surface area contributed by atoms with Crippen molar-refractivity contribution in [1.29, 1.82) is 0 Å². The van der Waals surface area contributed by atoms with E-state index in [2.05, 4.69) is 9.97 Å². The van der Waals surface area contributed by atoms with E-state index in [0.29, 0.717) is 41.4 Å². The zero-order valence-corrected chi connectivity index (χ0v) is 18.5. The second-order valence-corrected chi connectivity index (χ2v) is 8.61. The first kappa shape index (κ1) is 21.1. The Hall–Kier alpha value is -3.46. The van der Waals surface area contributed by atoms with Gasteiger partial charge >= 0.3 is 0 Å². The van der Waals surface area contributed by atoms with E-state index in [1.807, 2.05) is 48.5 Å². The summed E-state index contributed by atoms with van der Waals surface area (Å²) in [5.41, 5.74) is 10.7. The Morgan fingerprint density at radius 2 is 1.53 bits per heavy atom. The Morgan fingerprint density at radius 1 is 0.912 bits per heavy atom. The Labute approximate surface area is 195 Å². The van der Waals surface area contributed by atoms with Gasteiger partial charge in [-0.15, -0.1) is 0 Å². The molecule has 4 atom stereocenters. The number of nitrogens with one attached hydrogen (secondary N) is 1. The molecular formula is C26H24FN3O4. The molecule has 34 heavy (non-hydrogen) atoms. The van der Waals surface area contributed by atoms with E-state index < -0.39 is 5.82 Å². The zero-order valence-electron chi connectivity index (χ0n) is 18.5. The molecular weight excluding hydrogens is 437 g/mol. The summed E-state index contributed by atoms with van der Waals surface area (Å²) in [4.78, 5) is 7.67. The lowest BCUT2D eigenvalue weighted by Crippen LogP contribution is -2.35. The van der Waals surface area contributed by atoms with Crippen LogP contribution < -0.4 is 10.5 Å². The summed E-state index contributed by atoms with van der Waals surface area (Å²) in [5, 5.41) is 0. The van der Waals surface area contributed by atoms with Crippen LogP contribution in [0.3, 0.4) is 0 Å². The third-order valence-corrected chi connectivity index (χ3v) is 6.48. The van der Waals surface area contributed by atoms with Gasteiger partial charge in [-0.3, -0.25) is 0 Å². The minimum Gasteiger partial charge on any atom is -0.470 e. The Kier molecular flexibility index (Phi) is 5.21. The van der Waals surface area contributed by atoms with Crippen LogP contribution >= 0.6 is 0 Å². The summed E-state index contributed by atoms with van der Waals surface area (Å²) >= 11 is 0. The van der Waals surface area contributed by atoms with Gasteiger partial charge in [0.2, 0.25) is 0 Å². The van der Waals surface area contributed by atoms with Crippen molar-refractivity contribution >= 4 is 16.7 Å². The third kappa shape index (κ3) is 3.69. The number of aromatic nitrogens is 2. The van der Waals surface area contributed by atoms with E-state index in [1.54, 1.807) is 13.2 Å². The number of rotatable bonds is 5. The molecule has 0 amide bonds. The van der Waals surface area contributed by atoms with Crippen LogP contribution in [0.1, 0.15) is 0 Å². The fourth-order valence-corrected chi connectivity index (χ4v) is 4.66. The molecule has 7 nitrogen and oxygen atoms in total. The second-order valence-electron chi connectivity index (χ2n) is 8.61. The Bertz CT molecular complexity index is 1320. The topological polar surface area (TPSA) is 91.6 Å². The predicted molar refractivity (Wildman–Crippen MR) is 126 cm³/mol. The minimum atomic E-state index is -0.410. The molecule has 0 radical (unpaired) electrons. The number of halogens is 1. The van der Waals surface area contributed by atoms with Crippen molar-refractivity contribution in [3.8, 4) is 28.3 Å². The number of methoxy groups -OCH3 is 1. The lowest BCUT2D eigenvalue weighted by molar-refractivity contribution is -0.0141. The molecule has 4 aromatic rings. The maximum absolute atomic E-state index is 15.0. The van der Waals surface area contributed by atoms with E-state index in [4.69, 9.17) is 24.7 Å². The van der Waals surface area contributed by atoms with Crippen molar-refractivity contribution in [1.82, 2.24) is 9.97 Å². The molecule has 2 aromatic heterocycles. The number of nitrogen functional groups attached to an aromatic ring is 1. The van der Waals surface area contributed by atoms with Gasteiger partial charge in [-0.05, 0) is 23.3 Å². The number of hydrogen-bond donors (Lipinski definition) is 2. The quantitative estimate of drug-likeness (QED) is 0.434. The molecule has 0 bridgehead atoms. The average molecular weight is 461 g/mol. The third-order valence-electron chi connectivity index (χ3n) is 6.48. The SMILES string of the molecule is COC1CO[C@@H]2C(Oc3cc4nc(-c5ccc(-c6ccc(N)cc6)cc5)c(F)cc4[nH]3)CO[C@H]12. The molecule has 2 fully saturated rings. The summed E-state index contributed by atoms with van der Waals surface area (Å²) in [6, 6.07) is 18.5. The van der Waals surface area contributed by atoms with Crippen LogP contribution in [0.2, 0.25) is 0 Å². The van der Waals surface area contributed by atoms with Crippen molar-refractivity contribution in [2.24, 2.45) is 0 Å². The van der Waals surface area contributed by atoms with Crippen molar-refractivity contribution in [2.75, 3.05) is 26.1 Å². The van der Waals surface area contributed by atoms with E-state index in [1.165, 1.54) is 6.07 Å². The normalized spacial score (nSPS) is 23.9. The Morgan fingerprint density at radius 3 is 2.24 bits per heavy atom. The van der Waals surface area contributed by atoms with E-state index in [9.17, 15) is 4.39 Å². The van der Waals surface area contributed by atoms with Gasteiger partial charge in [0.25, 0.3) is 0 Å². The molecule has 6 rings (SSSR count). The fourth-order valence-electron chi connectivity index (χ4n) is 4.66. The van der Waals surface area contributed by atoms with Crippen LogP contribution in [0.4, 0.5) is 10.1 Å². The Balaban J connectivity index is 1.24. The molecule has 4 heterocycles. The molecule has 0 spiro atoms. The summed E-state index contributed by atoms with van der Waals surface area (Å²) in [7, 11) is 1.65. The number of hydrogen-bond acceptors (Lipinski definition) is 6. The van der Waals surface area contributed by atoms with Crippen LogP contribution in [-0.4, -0.2) is 54.7 Å². The number of benzene rings is 2. The predicted octanol–water partition coefficient (Wildman–Crippen LogP) is 4.18. The van der Waals surface area contributed by atoms with Gasteiger partial charge in [-0.2, -0.15) is 0 Å². The highest BCUT2D eigenvalue weighted by Crippen LogP contribution is 2.33. The number of ether oxygens (including phenoxy) is 4. The summed E-state index contributed by atoms with van der Waals surface area (Å²) in [6.45, 7) is 0.879. The van der Waals surface area contributed by atoms with Gasteiger partial charge in [-0.1, -0.05) is 36.4 Å². The first-order chi connectivity index (χ1) is 16.6. The molecule has 2 aromatic carbocycles. The van der Waals surface area contributed by atoms with Crippen molar-refractivity contribution < 1.29 is 23.3 Å². The molecule has 2 aliphatic heterocycles. The molecule has 2 saturated heterocycles.